The summed E-state index contributed by atoms with van der Waals surface area (Å²) >= 11 is 0. The minimum absolute atomic E-state index is 0. The molecule has 1 amide bonds. The van der Waals surface area contributed by atoms with Crippen molar-refractivity contribution in [2.75, 3.05) is 5.75 Å². The van der Waals surface area contributed by atoms with Crippen LogP contribution in [0.1, 0.15) is 28.0 Å². The van der Waals surface area contributed by atoms with Crippen molar-refractivity contribution in [2.24, 2.45) is 23.0 Å². The van der Waals surface area contributed by atoms with Gasteiger partial charge in [0.1, 0.15) is 5.56 Å². The van der Waals surface area contributed by atoms with Crippen molar-refractivity contribution in [1.82, 2.24) is 14.3 Å². The van der Waals surface area contributed by atoms with Crippen molar-refractivity contribution in [3.8, 4) is 5.88 Å². The summed E-state index contributed by atoms with van der Waals surface area (Å²) in [7, 11) is -3.21. The van der Waals surface area contributed by atoms with E-state index in [9.17, 15) is 27.7 Å². The molecule has 31 heavy (non-hydrogen) atoms. The topological polar surface area (TPSA) is 189 Å². The van der Waals surface area contributed by atoms with Gasteiger partial charge in [0.2, 0.25) is 5.88 Å². The van der Waals surface area contributed by atoms with E-state index in [1.54, 1.807) is 0 Å². The van der Waals surface area contributed by atoms with E-state index in [0.29, 0.717) is 0 Å². The van der Waals surface area contributed by atoms with Crippen LogP contribution in [-0.2, 0) is 23.7 Å². The molecular weight excluding hydrogens is 457 g/mol. The zero-order valence-corrected chi connectivity index (χ0v) is 21.2. The summed E-state index contributed by atoms with van der Waals surface area (Å²) in [5, 5.41) is 21.8. The van der Waals surface area contributed by atoms with Crippen molar-refractivity contribution >= 4 is 33.2 Å². The van der Waals surface area contributed by atoms with Gasteiger partial charge >= 0.3 is 51.4 Å². The Kier molecular flexibility index (Phi) is 9.26. The zero-order valence-electron chi connectivity index (χ0n) is 17.3. The molecule has 0 aliphatic rings. The number of carbonyl (C=O) groups excluding carboxylic acids is 1. The molecule has 13 nitrogen and oxygen atoms in total. The summed E-state index contributed by atoms with van der Waals surface area (Å²) in [6, 6.07) is 0. The number of nitrogens with two attached hydrogens (primary N) is 1. The molecule has 0 fully saturated rings. The van der Waals surface area contributed by atoms with Gasteiger partial charge in [0.15, 0.2) is 11.5 Å². The average Bonchev–Trinajstić information content (AvgIpc) is 2.93. The normalized spacial score (nSPS) is 11.3. The number of nitrogens with zero attached hydrogens (tertiary/aromatic N) is 6. The monoisotopic (exact) mass is 475 g/mol. The quantitative estimate of drug-likeness (QED) is 0.198. The Balaban J connectivity index is 0.00000480. The minimum atomic E-state index is -4.42. The molecule has 0 aromatic carbocycles. The summed E-state index contributed by atoms with van der Waals surface area (Å²) in [5.74, 6) is -2.28. The van der Waals surface area contributed by atoms with Gasteiger partial charge in [-0.05, 0) is 20.3 Å². The third kappa shape index (κ3) is 6.07. The van der Waals surface area contributed by atoms with Crippen molar-refractivity contribution in [1.29, 1.82) is 0 Å². The molecule has 2 aromatic heterocycles. The Hall–Kier alpha value is -1.93. The predicted octanol–water partition coefficient (Wildman–Crippen LogP) is -2.09. The van der Waals surface area contributed by atoms with Crippen LogP contribution >= 0.6 is 0 Å². The fourth-order valence-corrected chi connectivity index (χ4v) is 3.20. The maximum atomic E-state index is 12.4. The largest absolute Gasteiger partial charge is 1.00 e. The molecule has 0 spiro atoms. The van der Waals surface area contributed by atoms with Gasteiger partial charge < -0.3 is 15.4 Å². The van der Waals surface area contributed by atoms with Crippen molar-refractivity contribution in [2.45, 2.75) is 26.8 Å². The molecule has 2 aromatic rings. The SMILES string of the molecule is [C-]#[N+]c1c(C)nn(CCCS(=O)(=O)[O-])c1N=Nc1c(C)c(C(N)=O)c(O)n(C)c1=O.[K+]. The van der Waals surface area contributed by atoms with Crippen LogP contribution in [0.3, 0.4) is 0 Å². The Morgan fingerprint density at radius 1 is 1.35 bits per heavy atom. The molecule has 2 heterocycles. The van der Waals surface area contributed by atoms with E-state index in [1.165, 1.54) is 25.6 Å². The number of rotatable bonds is 7. The number of primary amides is 1. The number of amides is 1. The number of pyridine rings is 1. The van der Waals surface area contributed by atoms with Gasteiger partial charge in [0.05, 0.1) is 22.4 Å². The number of carbonyl (C=O) groups is 1. The Morgan fingerprint density at radius 2 is 1.97 bits per heavy atom. The number of hydrogen-bond acceptors (Lipinski definition) is 9. The molecule has 0 aliphatic heterocycles. The van der Waals surface area contributed by atoms with Gasteiger partial charge in [-0.1, -0.05) is 0 Å². The fraction of sp³-hybridized carbons (Fsp3) is 0.375. The van der Waals surface area contributed by atoms with Gasteiger partial charge in [0.25, 0.3) is 17.2 Å². The van der Waals surface area contributed by atoms with Crippen molar-refractivity contribution in [3.05, 3.63) is 38.6 Å². The molecule has 2 rings (SSSR count). The van der Waals surface area contributed by atoms with Gasteiger partial charge in [-0.25, -0.2) is 13.3 Å². The zero-order chi connectivity index (χ0) is 22.8. The van der Waals surface area contributed by atoms with Gasteiger partial charge in [0, 0.05) is 24.9 Å². The number of aryl methyl sites for hydroxylation is 2. The third-order valence-corrected chi connectivity index (χ3v) is 5.00. The van der Waals surface area contributed by atoms with E-state index in [0.717, 1.165) is 4.57 Å². The molecule has 0 radical (unpaired) electrons. The number of aromatic nitrogens is 3. The molecule has 0 saturated heterocycles. The van der Waals surface area contributed by atoms with E-state index in [1.807, 2.05) is 0 Å². The van der Waals surface area contributed by atoms with E-state index >= 15 is 0 Å². The second-order valence-corrected chi connectivity index (χ2v) is 7.83. The van der Waals surface area contributed by atoms with Crippen LogP contribution in [0.15, 0.2) is 15.0 Å². The second-order valence-electron chi connectivity index (χ2n) is 6.31. The van der Waals surface area contributed by atoms with Gasteiger partial charge in [-0.2, -0.15) is 5.10 Å². The molecule has 0 aliphatic carbocycles. The van der Waals surface area contributed by atoms with Crippen LogP contribution in [0.2, 0.25) is 0 Å². The first-order valence-corrected chi connectivity index (χ1v) is 9.99. The summed E-state index contributed by atoms with van der Waals surface area (Å²) in [4.78, 5) is 27.4. The Bertz CT molecular complexity index is 1260. The minimum Gasteiger partial charge on any atom is -0.748 e. The summed E-state index contributed by atoms with van der Waals surface area (Å²) in [5.41, 5.74) is 4.22. The van der Waals surface area contributed by atoms with Gasteiger partial charge in [-0.15, -0.1) is 10.2 Å². The first-order chi connectivity index (χ1) is 13.9. The predicted molar refractivity (Wildman–Crippen MR) is 103 cm³/mol. The molecule has 160 valence electrons. The van der Waals surface area contributed by atoms with Crippen LogP contribution in [0.25, 0.3) is 4.85 Å². The molecule has 3 N–H and O–H groups in total. The summed E-state index contributed by atoms with van der Waals surface area (Å²) < 4.78 is 34.4. The second kappa shape index (κ2) is 10.6. The van der Waals surface area contributed by atoms with Gasteiger partial charge in [-0.3, -0.25) is 18.8 Å². The summed E-state index contributed by atoms with van der Waals surface area (Å²) in [6.45, 7) is 10.1. The van der Waals surface area contributed by atoms with E-state index in [-0.39, 0.29) is 98.4 Å². The maximum absolute atomic E-state index is 12.4. The fourth-order valence-electron chi connectivity index (χ4n) is 2.72. The first-order valence-electron chi connectivity index (χ1n) is 8.41. The molecule has 0 saturated carbocycles. The van der Waals surface area contributed by atoms with E-state index in [2.05, 4.69) is 20.2 Å². The first kappa shape index (κ1) is 27.1. The molecular formula is C16H18KN7O6S. The van der Waals surface area contributed by atoms with Crippen LogP contribution in [0.5, 0.6) is 5.88 Å². The van der Waals surface area contributed by atoms with Crippen molar-refractivity contribution < 1.29 is 74.3 Å². The smallest absolute Gasteiger partial charge is 0.748 e. The standard InChI is InChI=1S/C16H19N7O6S.K/c1-8-10(13(17)24)15(25)22(4)16(26)11(8)19-20-14-12(18-3)9(2)21-23(14)6-5-7-30(27,28)29;/h25H,5-7H2,1-2,4H3,(H2,17,24)(H,27,28,29);/q;+1/p-1. The third-order valence-electron chi connectivity index (χ3n) is 4.22. The van der Waals surface area contributed by atoms with Crippen LogP contribution in [-0.4, -0.2) is 44.1 Å². The van der Waals surface area contributed by atoms with Crippen molar-refractivity contribution in [3.63, 3.8) is 0 Å². The number of azo groups is 1. The molecule has 0 atom stereocenters. The molecule has 15 heteroatoms. The van der Waals surface area contributed by atoms with Crippen LogP contribution < -0.4 is 62.7 Å². The van der Waals surface area contributed by atoms with Crippen LogP contribution in [0.4, 0.5) is 17.2 Å². The maximum Gasteiger partial charge on any atom is 1.00 e. The van der Waals surface area contributed by atoms with E-state index in [4.69, 9.17) is 12.3 Å². The number of aromatic hydroxyl groups is 1. The Labute approximate surface area is 220 Å². The molecule has 0 unspecified atom stereocenters. The molecule has 0 bridgehead atoms. The average molecular weight is 476 g/mol. The van der Waals surface area contributed by atoms with E-state index < -0.39 is 33.2 Å². The van der Waals surface area contributed by atoms with Crippen LogP contribution in [0, 0.1) is 20.4 Å². The summed E-state index contributed by atoms with van der Waals surface area (Å²) in [6.07, 6.45) is -0.0707. The number of hydrogen-bond donors (Lipinski definition) is 2. The Morgan fingerprint density at radius 3 is 2.48 bits per heavy atom.